The van der Waals surface area contributed by atoms with Gasteiger partial charge >= 0.3 is 5.97 Å². The number of ether oxygens (including phenoxy) is 2. The SMILES string of the molecule is CCC(C#N)COCc1ccccc1-c1nc(C)c(C(=O)OC)s1. The Morgan fingerprint density at radius 3 is 2.83 bits per heavy atom. The van der Waals surface area contributed by atoms with Gasteiger partial charge in [-0.1, -0.05) is 31.2 Å². The molecule has 0 bridgehead atoms. The molecule has 2 aromatic rings. The number of nitrogens with zero attached hydrogens (tertiary/aromatic N) is 2. The number of nitriles is 1. The van der Waals surface area contributed by atoms with Gasteiger partial charge in [-0.05, 0) is 18.9 Å². The number of methoxy groups -OCH3 is 1. The molecule has 126 valence electrons. The number of aryl methyl sites for hydroxylation is 1. The summed E-state index contributed by atoms with van der Waals surface area (Å²) in [5.41, 5.74) is 2.58. The molecular weight excluding hydrogens is 324 g/mol. The number of carbonyl (C=O) groups is 1. The van der Waals surface area contributed by atoms with Gasteiger partial charge in [0.2, 0.25) is 0 Å². The fourth-order valence-electron chi connectivity index (χ4n) is 2.21. The molecule has 1 unspecified atom stereocenters. The first-order valence-electron chi connectivity index (χ1n) is 7.72. The summed E-state index contributed by atoms with van der Waals surface area (Å²) in [6.07, 6.45) is 0.770. The number of aromatic nitrogens is 1. The van der Waals surface area contributed by atoms with E-state index in [0.717, 1.165) is 22.6 Å². The average molecular weight is 344 g/mol. The number of rotatable bonds is 7. The van der Waals surface area contributed by atoms with Crippen molar-refractivity contribution >= 4 is 17.3 Å². The van der Waals surface area contributed by atoms with E-state index in [4.69, 9.17) is 14.7 Å². The van der Waals surface area contributed by atoms with Crippen LogP contribution in [0.3, 0.4) is 0 Å². The van der Waals surface area contributed by atoms with Crippen molar-refractivity contribution in [3.05, 3.63) is 40.4 Å². The van der Waals surface area contributed by atoms with Crippen LogP contribution < -0.4 is 0 Å². The molecule has 5 nitrogen and oxygen atoms in total. The largest absolute Gasteiger partial charge is 0.465 e. The van der Waals surface area contributed by atoms with E-state index < -0.39 is 0 Å². The lowest BCUT2D eigenvalue weighted by Crippen LogP contribution is -2.06. The van der Waals surface area contributed by atoms with E-state index in [1.807, 2.05) is 31.2 Å². The van der Waals surface area contributed by atoms with Crippen LogP contribution in [-0.2, 0) is 16.1 Å². The number of hydrogen-bond acceptors (Lipinski definition) is 6. The summed E-state index contributed by atoms with van der Waals surface area (Å²) in [6.45, 7) is 4.58. The van der Waals surface area contributed by atoms with E-state index in [9.17, 15) is 4.79 Å². The van der Waals surface area contributed by atoms with Crippen LogP contribution in [-0.4, -0.2) is 24.7 Å². The Morgan fingerprint density at radius 1 is 1.42 bits per heavy atom. The first-order chi connectivity index (χ1) is 11.6. The van der Waals surface area contributed by atoms with Crippen molar-refractivity contribution in [2.75, 3.05) is 13.7 Å². The molecule has 0 spiro atoms. The Labute approximate surface area is 145 Å². The summed E-state index contributed by atoms with van der Waals surface area (Å²) < 4.78 is 10.5. The minimum absolute atomic E-state index is 0.0924. The van der Waals surface area contributed by atoms with Crippen LogP contribution in [0.5, 0.6) is 0 Å². The molecule has 0 aliphatic heterocycles. The monoisotopic (exact) mass is 344 g/mol. The lowest BCUT2D eigenvalue weighted by Gasteiger charge is -2.10. The van der Waals surface area contributed by atoms with Crippen LogP contribution in [0.25, 0.3) is 10.6 Å². The molecule has 0 N–H and O–H groups in total. The van der Waals surface area contributed by atoms with Crippen LogP contribution in [0.4, 0.5) is 0 Å². The van der Waals surface area contributed by atoms with E-state index in [2.05, 4.69) is 11.1 Å². The third kappa shape index (κ3) is 4.19. The van der Waals surface area contributed by atoms with Crippen molar-refractivity contribution in [1.29, 1.82) is 5.26 Å². The normalized spacial score (nSPS) is 11.8. The highest BCUT2D eigenvalue weighted by atomic mass is 32.1. The number of benzene rings is 1. The van der Waals surface area contributed by atoms with E-state index in [0.29, 0.717) is 23.8 Å². The van der Waals surface area contributed by atoms with Crippen LogP contribution in [0.2, 0.25) is 0 Å². The Kier molecular flexibility index (Phi) is 6.47. The molecule has 24 heavy (non-hydrogen) atoms. The van der Waals surface area contributed by atoms with Gasteiger partial charge < -0.3 is 9.47 Å². The lowest BCUT2D eigenvalue weighted by atomic mass is 10.1. The molecule has 1 aromatic carbocycles. The maximum absolute atomic E-state index is 11.8. The smallest absolute Gasteiger partial charge is 0.349 e. The second-order valence-corrected chi connectivity index (χ2v) is 6.33. The van der Waals surface area contributed by atoms with Gasteiger partial charge in [-0.2, -0.15) is 5.26 Å². The van der Waals surface area contributed by atoms with Gasteiger partial charge in [-0.25, -0.2) is 9.78 Å². The predicted octanol–water partition coefficient (Wildman–Crippen LogP) is 3.97. The molecule has 2 rings (SSSR count). The first-order valence-corrected chi connectivity index (χ1v) is 8.53. The van der Waals surface area contributed by atoms with Crippen LogP contribution in [0.1, 0.15) is 34.3 Å². The Hall–Kier alpha value is -2.23. The standard InChI is InChI=1S/C18H20N2O3S/c1-4-13(9-19)10-23-11-14-7-5-6-8-15(14)17-20-12(2)16(24-17)18(21)22-3/h5-8,13H,4,10-11H2,1-3H3. The van der Waals surface area contributed by atoms with Gasteiger partial charge in [-0.3, -0.25) is 0 Å². The topological polar surface area (TPSA) is 72.2 Å². The second kappa shape index (κ2) is 8.57. The van der Waals surface area contributed by atoms with E-state index in [1.165, 1.54) is 18.4 Å². The zero-order chi connectivity index (χ0) is 17.5. The molecule has 0 radical (unpaired) electrons. The maximum atomic E-state index is 11.8. The molecule has 0 saturated carbocycles. The zero-order valence-corrected chi connectivity index (χ0v) is 14.9. The summed E-state index contributed by atoms with van der Waals surface area (Å²) in [6, 6.07) is 10.0. The minimum atomic E-state index is -0.371. The molecule has 0 aliphatic carbocycles. The van der Waals surface area contributed by atoms with Gasteiger partial charge in [0.25, 0.3) is 0 Å². The molecule has 1 heterocycles. The van der Waals surface area contributed by atoms with Crippen molar-refractivity contribution in [2.45, 2.75) is 26.9 Å². The summed E-state index contributed by atoms with van der Waals surface area (Å²) in [7, 11) is 1.36. The Bertz CT molecular complexity index is 749. The van der Waals surface area contributed by atoms with Crippen LogP contribution >= 0.6 is 11.3 Å². The molecule has 6 heteroatoms. The molecule has 1 atom stereocenters. The van der Waals surface area contributed by atoms with Crippen LogP contribution in [0.15, 0.2) is 24.3 Å². The number of esters is 1. The Morgan fingerprint density at radius 2 is 2.17 bits per heavy atom. The molecule has 0 aliphatic rings. The summed E-state index contributed by atoms with van der Waals surface area (Å²) in [5, 5.41) is 9.75. The van der Waals surface area contributed by atoms with E-state index >= 15 is 0 Å². The first kappa shape index (κ1) is 18.1. The van der Waals surface area contributed by atoms with Gasteiger partial charge in [-0.15, -0.1) is 11.3 Å². The molecular formula is C18H20N2O3S. The van der Waals surface area contributed by atoms with Crippen molar-refractivity contribution < 1.29 is 14.3 Å². The summed E-state index contributed by atoms with van der Waals surface area (Å²) in [5.74, 6) is -0.463. The van der Waals surface area contributed by atoms with Crippen molar-refractivity contribution in [2.24, 2.45) is 5.92 Å². The van der Waals surface area contributed by atoms with Crippen molar-refractivity contribution in [3.8, 4) is 16.6 Å². The highest BCUT2D eigenvalue weighted by Crippen LogP contribution is 2.31. The average Bonchev–Trinajstić information content (AvgIpc) is 3.00. The molecule has 1 aromatic heterocycles. The molecule has 0 amide bonds. The van der Waals surface area contributed by atoms with E-state index in [1.54, 1.807) is 6.92 Å². The third-order valence-corrected chi connectivity index (χ3v) is 4.84. The predicted molar refractivity (Wildman–Crippen MR) is 92.7 cm³/mol. The van der Waals surface area contributed by atoms with Gasteiger partial charge in [0, 0.05) is 5.56 Å². The highest BCUT2D eigenvalue weighted by molar-refractivity contribution is 7.17. The number of hydrogen-bond donors (Lipinski definition) is 0. The summed E-state index contributed by atoms with van der Waals surface area (Å²) in [4.78, 5) is 16.8. The van der Waals surface area contributed by atoms with Crippen LogP contribution in [0, 0.1) is 24.2 Å². The second-order valence-electron chi connectivity index (χ2n) is 5.33. The maximum Gasteiger partial charge on any atom is 0.349 e. The third-order valence-electron chi connectivity index (χ3n) is 3.67. The van der Waals surface area contributed by atoms with Crippen molar-refractivity contribution in [1.82, 2.24) is 4.98 Å². The number of thiazole rings is 1. The van der Waals surface area contributed by atoms with E-state index in [-0.39, 0.29) is 11.9 Å². The van der Waals surface area contributed by atoms with Gasteiger partial charge in [0.1, 0.15) is 9.88 Å². The number of carbonyl (C=O) groups excluding carboxylic acids is 1. The molecule has 0 fully saturated rings. The van der Waals surface area contributed by atoms with Gasteiger partial charge in [0.15, 0.2) is 0 Å². The quantitative estimate of drug-likeness (QED) is 0.711. The summed E-state index contributed by atoms with van der Waals surface area (Å²) >= 11 is 1.31. The lowest BCUT2D eigenvalue weighted by molar-refractivity contribution is 0.0605. The Balaban J connectivity index is 2.20. The van der Waals surface area contributed by atoms with Crippen molar-refractivity contribution in [3.63, 3.8) is 0 Å². The fraction of sp³-hybridized carbons (Fsp3) is 0.389. The fourth-order valence-corrected chi connectivity index (χ4v) is 3.25. The molecule has 0 saturated heterocycles. The minimum Gasteiger partial charge on any atom is -0.465 e. The van der Waals surface area contributed by atoms with Gasteiger partial charge in [0.05, 0.1) is 38.0 Å². The zero-order valence-electron chi connectivity index (χ0n) is 14.0. The highest BCUT2D eigenvalue weighted by Gasteiger charge is 2.18.